The zero-order valence-corrected chi connectivity index (χ0v) is 40.0. The molecule has 12 aromatic rings. The molecule has 0 atom stereocenters. The summed E-state index contributed by atoms with van der Waals surface area (Å²) < 4.78 is 6.94. The summed E-state index contributed by atoms with van der Waals surface area (Å²) in [7, 11) is 0. The van der Waals surface area contributed by atoms with Gasteiger partial charge in [0.25, 0.3) is 6.33 Å². The quantitative estimate of drug-likeness (QED) is 0.116. The lowest BCUT2D eigenvalue weighted by molar-refractivity contribution is -0.571. The molecule has 4 nitrogen and oxygen atoms in total. The van der Waals surface area contributed by atoms with Crippen molar-refractivity contribution in [1.29, 1.82) is 0 Å². The number of rotatable bonds is 7. The maximum atomic E-state index is 5.13. The summed E-state index contributed by atoms with van der Waals surface area (Å²) in [4.78, 5) is 5.13. The molecule has 0 saturated carbocycles. The Morgan fingerprint density at radius 3 is 1.72 bits per heavy atom. The normalized spacial score (nSPS) is 14.7. The summed E-state index contributed by atoms with van der Waals surface area (Å²) in [6.45, 7) is 6.85. The van der Waals surface area contributed by atoms with Gasteiger partial charge >= 0.3 is 0 Å². The van der Waals surface area contributed by atoms with Crippen molar-refractivity contribution in [2.75, 3.05) is 0 Å². The molecule has 71 heavy (non-hydrogen) atoms. The van der Waals surface area contributed by atoms with E-state index in [2.05, 4.69) is 259 Å². The van der Waals surface area contributed by atoms with Crippen LogP contribution in [0.15, 0.2) is 225 Å². The largest absolute Gasteiger partial charge is 0.294 e. The monoisotopic (exact) mass is 910 g/mol. The topological polar surface area (TPSA) is 26.6 Å². The molecule has 3 aliphatic rings. The molecule has 0 aliphatic heterocycles. The molecule has 4 heteroatoms. The second-order valence-electron chi connectivity index (χ2n) is 20.5. The number of nitrogens with zero attached hydrogens (tertiary/aromatic N) is 4. The summed E-state index contributed by atoms with van der Waals surface area (Å²) in [5.41, 5.74) is 23.6. The Bertz CT molecular complexity index is 3970. The van der Waals surface area contributed by atoms with E-state index in [9.17, 15) is 0 Å². The Balaban J connectivity index is 0.908. The predicted octanol–water partition coefficient (Wildman–Crippen LogP) is 15.4. The lowest BCUT2D eigenvalue weighted by atomic mass is 9.61. The van der Waals surface area contributed by atoms with Crippen molar-refractivity contribution in [2.24, 2.45) is 0 Å². The summed E-state index contributed by atoms with van der Waals surface area (Å²) >= 11 is 0. The maximum Gasteiger partial charge on any atom is 0.269 e. The maximum absolute atomic E-state index is 5.13. The third-order valence-electron chi connectivity index (χ3n) is 15.3. The van der Waals surface area contributed by atoms with Crippen LogP contribution < -0.4 is 4.57 Å². The second kappa shape index (κ2) is 16.0. The first kappa shape index (κ1) is 41.4. The second-order valence-corrected chi connectivity index (χ2v) is 20.5. The molecular formula is C67H50N4. The number of para-hydroxylation sites is 3. The third kappa shape index (κ3) is 6.58. The number of imidazole rings is 1. The van der Waals surface area contributed by atoms with Crippen molar-refractivity contribution < 1.29 is 4.57 Å². The summed E-state index contributed by atoms with van der Waals surface area (Å²) in [6.07, 6.45) is 6.64. The van der Waals surface area contributed by atoms with Gasteiger partial charge in [-0.1, -0.05) is 197 Å². The lowest BCUT2D eigenvalue weighted by Crippen LogP contribution is -2.31. The van der Waals surface area contributed by atoms with Crippen LogP contribution in [0.5, 0.6) is 0 Å². The average molecular weight is 911 g/mol. The van der Waals surface area contributed by atoms with Crippen LogP contribution in [0.2, 0.25) is 0 Å². The molecule has 2 bridgehead atoms. The number of aromatic nitrogens is 4. The van der Waals surface area contributed by atoms with E-state index in [1.807, 2.05) is 6.20 Å². The average Bonchev–Trinajstić information content (AvgIpc) is 3.96. The predicted molar refractivity (Wildman–Crippen MR) is 289 cm³/mol. The number of pyridine rings is 1. The van der Waals surface area contributed by atoms with Gasteiger partial charge in [-0.05, 0) is 127 Å². The van der Waals surface area contributed by atoms with Gasteiger partial charge in [0, 0.05) is 28.8 Å². The molecule has 3 heterocycles. The van der Waals surface area contributed by atoms with E-state index in [0.29, 0.717) is 0 Å². The number of fused-ring (bicyclic) bond motifs is 4. The van der Waals surface area contributed by atoms with Crippen molar-refractivity contribution in [3.05, 3.63) is 281 Å². The van der Waals surface area contributed by atoms with E-state index >= 15 is 0 Å². The Labute approximate surface area is 414 Å². The smallest absolute Gasteiger partial charge is 0.269 e. The van der Waals surface area contributed by atoms with Gasteiger partial charge < -0.3 is 0 Å². The van der Waals surface area contributed by atoms with Crippen LogP contribution in [0.4, 0.5) is 0 Å². The molecule has 338 valence electrons. The fraction of sp³-hybridized carbons (Fsp3) is 0.104. The molecule has 0 amide bonds. The lowest BCUT2D eigenvalue weighted by Gasteiger charge is -2.42. The molecule has 0 N–H and O–H groups in total. The van der Waals surface area contributed by atoms with Crippen LogP contribution in [0.1, 0.15) is 82.7 Å². The van der Waals surface area contributed by atoms with Crippen LogP contribution in [0, 0.1) is 6.33 Å². The van der Waals surface area contributed by atoms with Gasteiger partial charge in [0.1, 0.15) is 5.82 Å². The van der Waals surface area contributed by atoms with Crippen LogP contribution >= 0.6 is 0 Å². The standard InChI is InChI=1S/C67H50N4/c1-67(2,3)47-34-35-68-63(39-47)71-61-38-44(32-33-51(61)56-40-57-58(41-62(56)71)65-54-26-12-10-24-52(54)64(57)53-25-11-13-27-55(53)65)36-43-18-16-23-48(37-43)69-42-70(60-31-15-14-30-59(60)69)66-49(45-19-6-4-7-20-45)28-17-29-50(66)46-21-8-5-9-22-46/h4-35,37-41,64-65H,36H2,1-3H3. The number of hydrogen-bond acceptors (Lipinski definition) is 1. The fourth-order valence-corrected chi connectivity index (χ4v) is 12.0. The van der Waals surface area contributed by atoms with Crippen molar-refractivity contribution in [2.45, 2.75) is 44.4 Å². The van der Waals surface area contributed by atoms with E-state index in [0.717, 1.165) is 56.9 Å². The Morgan fingerprint density at radius 2 is 1.06 bits per heavy atom. The minimum absolute atomic E-state index is 0.0322. The third-order valence-corrected chi connectivity index (χ3v) is 15.3. The van der Waals surface area contributed by atoms with Gasteiger partial charge in [0.05, 0.1) is 33.4 Å². The van der Waals surface area contributed by atoms with Crippen LogP contribution in [0.3, 0.4) is 0 Å². The zero-order chi connectivity index (χ0) is 47.4. The van der Waals surface area contributed by atoms with E-state index in [-0.39, 0.29) is 17.3 Å². The molecule has 9 aromatic carbocycles. The van der Waals surface area contributed by atoms with Gasteiger partial charge in [-0.2, -0.15) is 0 Å². The minimum atomic E-state index is -0.0322. The first-order valence-electron chi connectivity index (χ1n) is 24.9. The summed E-state index contributed by atoms with van der Waals surface area (Å²) in [6, 6.07) is 80.6. The van der Waals surface area contributed by atoms with Gasteiger partial charge in [0.2, 0.25) is 0 Å². The van der Waals surface area contributed by atoms with E-state index < -0.39 is 0 Å². The highest BCUT2D eigenvalue weighted by molar-refractivity contribution is 6.10. The van der Waals surface area contributed by atoms with Crippen molar-refractivity contribution in [3.8, 4) is 39.4 Å². The van der Waals surface area contributed by atoms with E-state index in [1.165, 1.54) is 71.9 Å². The van der Waals surface area contributed by atoms with Gasteiger partial charge in [-0.3, -0.25) is 13.7 Å². The highest BCUT2D eigenvalue weighted by Crippen LogP contribution is 2.57. The Hall–Kier alpha value is -8.60. The molecule has 15 rings (SSSR count). The van der Waals surface area contributed by atoms with Gasteiger partial charge in [0.15, 0.2) is 0 Å². The van der Waals surface area contributed by atoms with E-state index in [1.54, 1.807) is 0 Å². The van der Waals surface area contributed by atoms with Crippen LogP contribution in [-0.4, -0.2) is 14.1 Å². The van der Waals surface area contributed by atoms with Gasteiger partial charge in [-0.15, -0.1) is 0 Å². The minimum Gasteiger partial charge on any atom is -0.294 e. The Kier molecular flexibility index (Phi) is 9.31. The molecule has 0 fully saturated rings. The fourth-order valence-electron chi connectivity index (χ4n) is 12.0. The summed E-state index contributed by atoms with van der Waals surface area (Å²) in [5.74, 6) is 1.34. The first-order chi connectivity index (χ1) is 34.9. The molecular weight excluding hydrogens is 861 g/mol. The first-order valence-corrected chi connectivity index (χ1v) is 24.9. The molecule has 0 radical (unpaired) electrons. The van der Waals surface area contributed by atoms with Crippen molar-refractivity contribution >= 4 is 32.8 Å². The van der Waals surface area contributed by atoms with Crippen molar-refractivity contribution in [1.82, 2.24) is 14.1 Å². The molecule has 0 saturated heterocycles. The molecule has 0 unspecified atom stereocenters. The summed E-state index contributed by atoms with van der Waals surface area (Å²) in [5, 5.41) is 2.51. The highest BCUT2D eigenvalue weighted by atomic mass is 15.1. The van der Waals surface area contributed by atoms with Crippen LogP contribution in [-0.2, 0) is 11.8 Å². The molecule has 3 aromatic heterocycles. The van der Waals surface area contributed by atoms with Gasteiger partial charge in [-0.25, -0.2) is 4.98 Å². The van der Waals surface area contributed by atoms with E-state index in [4.69, 9.17) is 4.98 Å². The van der Waals surface area contributed by atoms with Crippen LogP contribution in [0.25, 0.3) is 72.3 Å². The molecule has 3 aliphatic carbocycles. The Morgan fingerprint density at radius 1 is 0.479 bits per heavy atom. The zero-order valence-electron chi connectivity index (χ0n) is 40.0. The van der Waals surface area contributed by atoms with Crippen molar-refractivity contribution in [3.63, 3.8) is 0 Å². The number of benzene rings is 9. The number of hydrogen-bond donors (Lipinski definition) is 0. The molecule has 0 spiro atoms. The highest BCUT2D eigenvalue weighted by Gasteiger charge is 2.41. The SMILES string of the molecule is CC(C)(C)c1ccnc(-n2c3cc(Cc4cccc(-n5[c-][n+](-c6c(-c7ccccc7)cccc6-c6ccccc6)c6ccccc65)c4)ccc3c3cc4c(cc32)C2c3ccccc3C4c3ccccc32)c1.